The van der Waals surface area contributed by atoms with Crippen LogP contribution in [0, 0.1) is 5.82 Å². The SMILES string of the molecule is NS(=O)(=O)c1ccc(CCNC(=O)CCNc2ccccc2F)cc1. The Morgan fingerprint density at radius 1 is 1.04 bits per heavy atom. The lowest BCUT2D eigenvalue weighted by Crippen LogP contribution is -2.27. The molecular formula is C17H20FN3O3S. The number of nitrogens with two attached hydrogens (primary N) is 1. The van der Waals surface area contributed by atoms with Gasteiger partial charge in [-0.3, -0.25) is 4.79 Å². The Labute approximate surface area is 146 Å². The third kappa shape index (κ3) is 6.17. The number of benzene rings is 2. The number of anilines is 1. The Balaban J connectivity index is 1.69. The van der Waals surface area contributed by atoms with Gasteiger partial charge < -0.3 is 10.6 Å². The van der Waals surface area contributed by atoms with Gasteiger partial charge in [-0.2, -0.15) is 0 Å². The van der Waals surface area contributed by atoms with Crippen LogP contribution in [0.3, 0.4) is 0 Å². The second kappa shape index (κ2) is 8.59. The molecule has 0 spiro atoms. The average molecular weight is 365 g/mol. The summed E-state index contributed by atoms with van der Waals surface area (Å²) in [4.78, 5) is 11.8. The maximum absolute atomic E-state index is 13.4. The van der Waals surface area contributed by atoms with Crippen LogP contribution in [0.15, 0.2) is 53.4 Å². The minimum Gasteiger partial charge on any atom is -0.382 e. The number of carbonyl (C=O) groups is 1. The highest BCUT2D eigenvalue weighted by Crippen LogP contribution is 2.12. The maximum Gasteiger partial charge on any atom is 0.238 e. The molecule has 2 aromatic carbocycles. The van der Waals surface area contributed by atoms with Gasteiger partial charge >= 0.3 is 0 Å². The normalized spacial score (nSPS) is 11.1. The average Bonchev–Trinajstić information content (AvgIpc) is 2.56. The molecule has 2 rings (SSSR count). The van der Waals surface area contributed by atoms with E-state index in [1.165, 1.54) is 18.2 Å². The van der Waals surface area contributed by atoms with Crippen molar-refractivity contribution >= 4 is 21.6 Å². The molecule has 1 amide bonds. The molecule has 6 nitrogen and oxygen atoms in total. The fourth-order valence-corrected chi connectivity index (χ4v) is 2.71. The van der Waals surface area contributed by atoms with E-state index in [-0.39, 0.29) is 23.0 Å². The van der Waals surface area contributed by atoms with Crippen molar-refractivity contribution < 1.29 is 17.6 Å². The molecule has 25 heavy (non-hydrogen) atoms. The second-order valence-corrected chi connectivity index (χ2v) is 7.01. The Bertz CT molecular complexity index is 823. The van der Waals surface area contributed by atoms with Crippen LogP contribution in [-0.4, -0.2) is 27.4 Å². The van der Waals surface area contributed by atoms with Crippen LogP contribution < -0.4 is 15.8 Å². The van der Waals surface area contributed by atoms with Crippen molar-refractivity contribution in [3.05, 3.63) is 59.9 Å². The number of carbonyl (C=O) groups excluding carboxylic acids is 1. The molecule has 0 aliphatic rings. The maximum atomic E-state index is 13.4. The van der Waals surface area contributed by atoms with Gasteiger partial charge in [0.05, 0.1) is 10.6 Å². The quantitative estimate of drug-likeness (QED) is 0.662. The van der Waals surface area contributed by atoms with E-state index < -0.39 is 10.0 Å². The molecular weight excluding hydrogens is 345 g/mol. The van der Waals surface area contributed by atoms with Gasteiger partial charge in [0.1, 0.15) is 5.82 Å². The molecule has 8 heteroatoms. The summed E-state index contributed by atoms with van der Waals surface area (Å²) >= 11 is 0. The fraction of sp³-hybridized carbons (Fsp3) is 0.235. The molecule has 0 saturated carbocycles. The van der Waals surface area contributed by atoms with Crippen molar-refractivity contribution in [2.24, 2.45) is 5.14 Å². The first-order valence-corrected chi connectivity index (χ1v) is 9.28. The zero-order valence-corrected chi connectivity index (χ0v) is 14.4. The first-order valence-electron chi connectivity index (χ1n) is 7.73. The van der Waals surface area contributed by atoms with Gasteiger partial charge in [-0.25, -0.2) is 17.9 Å². The van der Waals surface area contributed by atoms with Gasteiger partial charge in [0, 0.05) is 19.5 Å². The van der Waals surface area contributed by atoms with Crippen molar-refractivity contribution in [2.75, 3.05) is 18.4 Å². The molecule has 0 atom stereocenters. The van der Waals surface area contributed by atoms with Gasteiger partial charge in [0.25, 0.3) is 0 Å². The zero-order valence-electron chi connectivity index (χ0n) is 13.5. The van der Waals surface area contributed by atoms with Gasteiger partial charge in [-0.1, -0.05) is 24.3 Å². The molecule has 2 aromatic rings. The molecule has 0 aromatic heterocycles. The second-order valence-electron chi connectivity index (χ2n) is 5.45. The number of rotatable bonds is 8. The lowest BCUT2D eigenvalue weighted by molar-refractivity contribution is -0.120. The van der Waals surface area contributed by atoms with E-state index in [1.54, 1.807) is 30.3 Å². The van der Waals surface area contributed by atoms with E-state index in [4.69, 9.17) is 5.14 Å². The van der Waals surface area contributed by atoms with E-state index in [0.717, 1.165) is 5.56 Å². The minimum atomic E-state index is -3.69. The largest absolute Gasteiger partial charge is 0.382 e. The standard InChI is InChI=1S/C17H20FN3O3S/c18-15-3-1-2-4-16(15)20-12-10-17(22)21-11-9-13-5-7-14(8-6-13)25(19,23)24/h1-8,20H,9-12H2,(H,21,22)(H2,19,23,24). The van der Waals surface area contributed by atoms with E-state index in [1.807, 2.05) is 0 Å². The number of hydrogen-bond acceptors (Lipinski definition) is 4. The van der Waals surface area contributed by atoms with Gasteiger partial charge in [0.15, 0.2) is 0 Å². The van der Waals surface area contributed by atoms with Crippen molar-refractivity contribution in [1.82, 2.24) is 5.32 Å². The summed E-state index contributed by atoms with van der Waals surface area (Å²) in [6, 6.07) is 12.5. The highest BCUT2D eigenvalue weighted by atomic mass is 32.2. The Hall–Kier alpha value is -2.45. The number of sulfonamides is 1. The molecule has 0 unspecified atom stereocenters. The first kappa shape index (κ1) is 18.9. The van der Waals surface area contributed by atoms with E-state index in [9.17, 15) is 17.6 Å². The van der Waals surface area contributed by atoms with E-state index in [2.05, 4.69) is 10.6 Å². The van der Waals surface area contributed by atoms with Gasteiger partial charge in [-0.15, -0.1) is 0 Å². The molecule has 4 N–H and O–H groups in total. The molecule has 0 aliphatic carbocycles. The van der Waals surface area contributed by atoms with Crippen LogP contribution in [-0.2, 0) is 21.2 Å². The summed E-state index contributed by atoms with van der Waals surface area (Å²) in [5.41, 5.74) is 1.25. The van der Waals surface area contributed by atoms with Crippen LogP contribution in [0.2, 0.25) is 0 Å². The lowest BCUT2D eigenvalue weighted by atomic mass is 10.1. The summed E-state index contributed by atoms with van der Waals surface area (Å²) in [5.74, 6) is -0.504. The zero-order chi connectivity index (χ0) is 18.3. The molecule has 134 valence electrons. The van der Waals surface area contributed by atoms with Crippen LogP contribution >= 0.6 is 0 Å². The number of nitrogens with one attached hydrogen (secondary N) is 2. The van der Waals surface area contributed by atoms with E-state index in [0.29, 0.717) is 25.2 Å². The number of amides is 1. The lowest BCUT2D eigenvalue weighted by Gasteiger charge is -2.08. The summed E-state index contributed by atoms with van der Waals surface area (Å²) in [7, 11) is -3.69. The van der Waals surface area contributed by atoms with Crippen molar-refractivity contribution in [2.45, 2.75) is 17.7 Å². The molecule has 0 radical (unpaired) electrons. The summed E-state index contributed by atoms with van der Waals surface area (Å²) in [5, 5.41) is 10.7. The highest BCUT2D eigenvalue weighted by molar-refractivity contribution is 7.89. The third-order valence-electron chi connectivity index (χ3n) is 3.53. The van der Waals surface area contributed by atoms with E-state index >= 15 is 0 Å². The first-order chi connectivity index (χ1) is 11.9. The summed E-state index contributed by atoms with van der Waals surface area (Å²) in [6.45, 7) is 0.753. The van der Waals surface area contributed by atoms with Gasteiger partial charge in [0.2, 0.25) is 15.9 Å². The highest BCUT2D eigenvalue weighted by Gasteiger charge is 2.07. The van der Waals surface area contributed by atoms with Crippen LogP contribution in [0.5, 0.6) is 0 Å². The summed E-state index contributed by atoms with van der Waals surface area (Å²) < 4.78 is 35.7. The Morgan fingerprint density at radius 3 is 2.36 bits per heavy atom. The predicted molar refractivity (Wildman–Crippen MR) is 94.0 cm³/mol. The molecule has 0 bridgehead atoms. The summed E-state index contributed by atoms with van der Waals surface area (Å²) in [6.07, 6.45) is 0.788. The topological polar surface area (TPSA) is 101 Å². The minimum absolute atomic E-state index is 0.0551. The third-order valence-corrected chi connectivity index (χ3v) is 4.46. The molecule has 0 fully saturated rings. The number of para-hydroxylation sites is 1. The van der Waals surface area contributed by atoms with Crippen molar-refractivity contribution in [3.8, 4) is 0 Å². The van der Waals surface area contributed by atoms with Gasteiger partial charge in [-0.05, 0) is 36.2 Å². The smallest absolute Gasteiger partial charge is 0.238 e. The number of hydrogen-bond donors (Lipinski definition) is 3. The van der Waals surface area contributed by atoms with Crippen molar-refractivity contribution in [1.29, 1.82) is 0 Å². The number of primary sulfonamides is 1. The fourth-order valence-electron chi connectivity index (χ4n) is 2.20. The Morgan fingerprint density at radius 2 is 1.72 bits per heavy atom. The Kier molecular flexibility index (Phi) is 6.49. The van der Waals surface area contributed by atoms with Crippen LogP contribution in [0.1, 0.15) is 12.0 Å². The van der Waals surface area contributed by atoms with Crippen molar-refractivity contribution in [3.63, 3.8) is 0 Å². The molecule has 0 aliphatic heterocycles. The molecule has 0 heterocycles. The van der Waals surface area contributed by atoms with Crippen LogP contribution in [0.4, 0.5) is 10.1 Å². The monoisotopic (exact) mass is 365 g/mol. The predicted octanol–water partition coefficient (Wildman–Crippen LogP) is 1.63. The van der Waals surface area contributed by atoms with Crippen LogP contribution in [0.25, 0.3) is 0 Å². The number of halogens is 1. The molecule has 0 saturated heterocycles.